The minimum atomic E-state index is -0.734. The van der Waals surface area contributed by atoms with Gasteiger partial charge in [-0.3, -0.25) is 0 Å². The number of rotatable bonds is 20. The molecular weight excluding hydrogens is 392 g/mol. The molecule has 1 rings (SSSR count). The lowest BCUT2D eigenvalue weighted by Crippen LogP contribution is -2.28. The average molecular weight is 441 g/mol. The molecule has 4 atom stereocenters. The third kappa shape index (κ3) is 16.4. The molecule has 0 fully saturated rings. The zero-order chi connectivity index (χ0) is 22.7. The smallest absolute Gasteiger partial charge is 0.330 e. The summed E-state index contributed by atoms with van der Waals surface area (Å²) in [7, 11) is 0. The largest absolute Gasteiger partial charge is 0.459 e. The third-order valence-electron chi connectivity index (χ3n) is 6.20. The van der Waals surface area contributed by atoms with Crippen LogP contribution in [0, 0.1) is 0 Å². The minimum absolute atomic E-state index is 0.202. The van der Waals surface area contributed by atoms with Gasteiger partial charge in [0.2, 0.25) is 0 Å². The standard InChI is InChI=1S/C26H48O5/c1-2-3-4-5-6-7-8-9-10-11-12-13-14-16-22(27)19-23(28)20-24(29)21-25-17-15-18-26(30)31-25/h15,18,22-25,27-29H,2-14,16-17,19-21H2,1H3/t22-,23-,24+,25-/m0/s1. The third-order valence-corrected chi connectivity index (χ3v) is 6.20. The monoisotopic (exact) mass is 440 g/mol. The van der Waals surface area contributed by atoms with Gasteiger partial charge >= 0.3 is 5.97 Å². The van der Waals surface area contributed by atoms with Crippen molar-refractivity contribution in [1.82, 2.24) is 0 Å². The number of cyclic esters (lactones) is 1. The van der Waals surface area contributed by atoms with Gasteiger partial charge in [-0.05, 0) is 19.3 Å². The van der Waals surface area contributed by atoms with Crippen LogP contribution in [0.3, 0.4) is 0 Å². The van der Waals surface area contributed by atoms with E-state index in [4.69, 9.17) is 4.74 Å². The molecule has 0 saturated heterocycles. The summed E-state index contributed by atoms with van der Waals surface area (Å²) in [6, 6.07) is 0. The van der Waals surface area contributed by atoms with Crippen molar-refractivity contribution in [3.05, 3.63) is 12.2 Å². The topological polar surface area (TPSA) is 87.0 Å². The predicted molar refractivity (Wildman–Crippen MR) is 126 cm³/mol. The number of hydrogen-bond acceptors (Lipinski definition) is 5. The molecule has 0 spiro atoms. The molecule has 0 unspecified atom stereocenters. The van der Waals surface area contributed by atoms with E-state index in [9.17, 15) is 20.1 Å². The normalized spacial score (nSPS) is 19.2. The number of carbonyl (C=O) groups excluding carboxylic acids is 1. The zero-order valence-corrected chi connectivity index (χ0v) is 19.9. The molecule has 5 nitrogen and oxygen atoms in total. The minimum Gasteiger partial charge on any atom is -0.459 e. The Kier molecular flexibility index (Phi) is 16.9. The molecular formula is C26H48O5. The number of ether oxygens (including phenoxy) is 1. The van der Waals surface area contributed by atoms with Gasteiger partial charge in [0, 0.05) is 18.9 Å². The molecule has 182 valence electrons. The van der Waals surface area contributed by atoms with Gasteiger partial charge < -0.3 is 20.1 Å². The molecule has 0 saturated carbocycles. The van der Waals surface area contributed by atoms with Crippen molar-refractivity contribution in [2.24, 2.45) is 0 Å². The fourth-order valence-corrected chi connectivity index (χ4v) is 4.35. The molecule has 3 N–H and O–H groups in total. The fourth-order valence-electron chi connectivity index (χ4n) is 4.35. The SMILES string of the molecule is CCCCCCCCCCCCCCC[C@H](O)C[C@H](O)C[C@@H](O)C[C@@H]1CC=CC(=O)O1. The average Bonchev–Trinajstić information content (AvgIpc) is 2.71. The first-order valence-electron chi connectivity index (χ1n) is 12.9. The van der Waals surface area contributed by atoms with Crippen LogP contribution in [0.25, 0.3) is 0 Å². The van der Waals surface area contributed by atoms with Gasteiger partial charge in [0.25, 0.3) is 0 Å². The van der Waals surface area contributed by atoms with Crippen LogP contribution in [-0.2, 0) is 9.53 Å². The maximum absolute atomic E-state index is 11.2. The lowest BCUT2D eigenvalue weighted by molar-refractivity contribution is -0.145. The van der Waals surface area contributed by atoms with Crippen molar-refractivity contribution in [3.63, 3.8) is 0 Å². The van der Waals surface area contributed by atoms with Crippen LogP contribution >= 0.6 is 0 Å². The summed E-state index contributed by atoms with van der Waals surface area (Å²) in [4.78, 5) is 11.2. The Labute approximate surface area is 190 Å². The first kappa shape index (κ1) is 28.1. The van der Waals surface area contributed by atoms with E-state index in [-0.39, 0.29) is 18.5 Å². The number of aliphatic hydroxyl groups is 3. The fraction of sp³-hybridized carbons (Fsp3) is 0.885. The van der Waals surface area contributed by atoms with Crippen LogP contribution < -0.4 is 0 Å². The first-order valence-corrected chi connectivity index (χ1v) is 12.9. The van der Waals surface area contributed by atoms with Crippen molar-refractivity contribution in [2.45, 2.75) is 147 Å². The number of unbranched alkanes of at least 4 members (excludes halogenated alkanes) is 12. The molecule has 1 aliphatic rings. The van der Waals surface area contributed by atoms with Crippen LogP contribution in [0.1, 0.15) is 122 Å². The molecule has 1 heterocycles. The maximum Gasteiger partial charge on any atom is 0.330 e. The van der Waals surface area contributed by atoms with Crippen LogP contribution in [-0.4, -0.2) is 45.7 Å². The van der Waals surface area contributed by atoms with E-state index in [1.54, 1.807) is 6.08 Å². The molecule has 0 radical (unpaired) electrons. The molecule has 31 heavy (non-hydrogen) atoms. The highest BCUT2D eigenvalue weighted by molar-refractivity contribution is 5.82. The Morgan fingerprint density at radius 3 is 1.87 bits per heavy atom. The molecule has 0 aromatic carbocycles. The van der Waals surface area contributed by atoms with Gasteiger partial charge in [0.15, 0.2) is 0 Å². The molecule has 0 aromatic rings. The second-order valence-electron chi connectivity index (χ2n) is 9.40. The van der Waals surface area contributed by atoms with Crippen LogP contribution in [0.5, 0.6) is 0 Å². The number of aliphatic hydroxyl groups excluding tert-OH is 3. The second-order valence-corrected chi connectivity index (χ2v) is 9.40. The molecule has 0 bridgehead atoms. The highest BCUT2D eigenvalue weighted by Gasteiger charge is 2.22. The van der Waals surface area contributed by atoms with Crippen molar-refractivity contribution in [1.29, 1.82) is 0 Å². The van der Waals surface area contributed by atoms with E-state index < -0.39 is 18.3 Å². The van der Waals surface area contributed by atoms with Gasteiger partial charge in [-0.15, -0.1) is 0 Å². The van der Waals surface area contributed by atoms with E-state index in [2.05, 4.69) is 6.92 Å². The van der Waals surface area contributed by atoms with Crippen molar-refractivity contribution < 1.29 is 24.9 Å². The first-order chi connectivity index (χ1) is 15.0. The highest BCUT2D eigenvalue weighted by Crippen LogP contribution is 2.19. The molecule has 1 aliphatic heterocycles. The van der Waals surface area contributed by atoms with E-state index >= 15 is 0 Å². The summed E-state index contributed by atoms with van der Waals surface area (Å²) >= 11 is 0. The summed E-state index contributed by atoms with van der Waals surface area (Å²) in [5.74, 6) is -0.378. The van der Waals surface area contributed by atoms with Crippen molar-refractivity contribution in [3.8, 4) is 0 Å². The summed E-state index contributed by atoms with van der Waals surface area (Å²) in [5.41, 5.74) is 0. The van der Waals surface area contributed by atoms with E-state index in [0.29, 0.717) is 25.7 Å². The number of hydrogen-bond donors (Lipinski definition) is 3. The van der Waals surface area contributed by atoms with Crippen LogP contribution in [0.2, 0.25) is 0 Å². The summed E-state index contributed by atoms with van der Waals surface area (Å²) < 4.78 is 5.13. The van der Waals surface area contributed by atoms with Gasteiger partial charge in [0.1, 0.15) is 6.10 Å². The van der Waals surface area contributed by atoms with Crippen molar-refractivity contribution in [2.75, 3.05) is 0 Å². The van der Waals surface area contributed by atoms with Crippen LogP contribution in [0.4, 0.5) is 0 Å². The van der Waals surface area contributed by atoms with Crippen LogP contribution in [0.15, 0.2) is 12.2 Å². The Morgan fingerprint density at radius 1 is 0.806 bits per heavy atom. The Hall–Kier alpha value is -0.910. The number of carbonyl (C=O) groups is 1. The van der Waals surface area contributed by atoms with Gasteiger partial charge in [-0.2, -0.15) is 0 Å². The summed E-state index contributed by atoms with van der Waals surface area (Å²) in [6.07, 6.45) is 19.9. The lowest BCUT2D eigenvalue weighted by atomic mass is 9.97. The van der Waals surface area contributed by atoms with E-state index in [1.165, 1.54) is 76.7 Å². The zero-order valence-electron chi connectivity index (χ0n) is 19.9. The highest BCUT2D eigenvalue weighted by atomic mass is 16.5. The molecule has 0 amide bonds. The Bertz CT molecular complexity index is 465. The molecule has 0 aliphatic carbocycles. The van der Waals surface area contributed by atoms with Gasteiger partial charge in [-0.1, -0.05) is 96.5 Å². The van der Waals surface area contributed by atoms with E-state index in [0.717, 1.165) is 12.8 Å². The summed E-state index contributed by atoms with van der Waals surface area (Å²) in [5, 5.41) is 30.4. The maximum atomic E-state index is 11.2. The van der Waals surface area contributed by atoms with Crippen molar-refractivity contribution >= 4 is 5.97 Å². The quantitative estimate of drug-likeness (QED) is 0.170. The Morgan fingerprint density at radius 2 is 1.32 bits per heavy atom. The molecule has 5 heteroatoms. The van der Waals surface area contributed by atoms with E-state index in [1.807, 2.05) is 0 Å². The lowest BCUT2D eigenvalue weighted by Gasteiger charge is -2.23. The van der Waals surface area contributed by atoms with Gasteiger partial charge in [0.05, 0.1) is 18.3 Å². The second kappa shape index (κ2) is 18.6. The Balaban J connectivity index is 1.91. The predicted octanol–water partition coefficient (Wildman–Crippen LogP) is 5.59. The number of esters is 1. The molecule has 0 aromatic heterocycles. The summed E-state index contributed by atoms with van der Waals surface area (Å²) in [6.45, 7) is 2.26. The van der Waals surface area contributed by atoms with Gasteiger partial charge in [-0.25, -0.2) is 4.79 Å².